The molecular weight excluding hydrogens is 472 g/mol. The van der Waals surface area contributed by atoms with Gasteiger partial charge in [0, 0.05) is 5.41 Å². The fourth-order valence-corrected chi connectivity index (χ4v) is 8.90. The zero-order valence-electron chi connectivity index (χ0n) is 22.7. The summed E-state index contributed by atoms with van der Waals surface area (Å²) in [5.41, 5.74) is 2.88. The van der Waals surface area contributed by atoms with E-state index >= 15 is 0 Å². The summed E-state index contributed by atoms with van der Waals surface area (Å²) in [6, 6.07) is 18.7. The zero-order chi connectivity index (χ0) is 26.5. The molecule has 0 aliphatic heterocycles. The minimum absolute atomic E-state index is 0.000158. The topological polar surface area (TPSA) is 52.6 Å². The van der Waals surface area contributed by atoms with Crippen LogP contribution in [-0.2, 0) is 9.47 Å². The van der Waals surface area contributed by atoms with Crippen molar-refractivity contribution in [2.45, 2.75) is 77.4 Å². The molecule has 0 aromatic heterocycles. The van der Waals surface area contributed by atoms with E-state index in [0.717, 1.165) is 51.4 Å². The Kier molecular flexibility index (Phi) is 6.48. The van der Waals surface area contributed by atoms with Gasteiger partial charge in [0.2, 0.25) is 0 Å². The fraction of sp³-hybridized carbons (Fsp3) is 0.529. The Labute approximate surface area is 226 Å². The average Bonchev–Trinajstić information content (AvgIpc) is 3.26. The molecule has 0 spiro atoms. The Morgan fingerprint density at radius 3 is 2.00 bits per heavy atom. The maximum Gasteiger partial charge on any atom is 0.338 e. The van der Waals surface area contributed by atoms with Crippen LogP contribution < -0.4 is 0 Å². The van der Waals surface area contributed by atoms with Gasteiger partial charge in [-0.15, -0.1) is 0 Å². The van der Waals surface area contributed by atoms with E-state index in [1.165, 1.54) is 5.57 Å². The van der Waals surface area contributed by atoms with Gasteiger partial charge in [0.05, 0.1) is 11.1 Å². The van der Waals surface area contributed by atoms with Crippen LogP contribution in [0.25, 0.3) is 0 Å². The van der Waals surface area contributed by atoms with E-state index in [2.05, 4.69) is 20.4 Å². The minimum Gasteiger partial charge on any atom is -0.459 e. The van der Waals surface area contributed by atoms with E-state index < -0.39 is 0 Å². The van der Waals surface area contributed by atoms with Crippen LogP contribution in [0.2, 0.25) is 0 Å². The van der Waals surface area contributed by atoms with Crippen LogP contribution in [0.1, 0.15) is 85.9 Å². The zero-order valence-corrected chi connectivity index (χ0v) is 22.7. The van der Waals surface area contributed by atoms with Crippen molar-refractivity contribution in [1.82, 2.24) is 0 Å². The second-order valence-electron chi connectivity index (χ2n) is 12.9. The molecule has 4 fully saturated rings. The fourth-order valence-electron chi connectivity index (χ4n) is 8.90. The first kappa shape index (κ1) is 25.4. The molecule has 4 aliphatic rings. The first-order valence-corrected chi connectivity index (χ1v) is 14.5. The standard InChI is InChI=1S/C34H40O4/c1-22-20-25-21-26(37-31(35)23-10-6-4-7-11-23)16-18-33(25,2)28-17-19-34(3)27(30(22)28)14-15-29(34)38-32(36)24-12-8-5-9-13-24/h4-13,25-30H,1,14-21H2,2-3H3/t25-,26+,27+,28+,29+,30-,33+,34+/m1/s1. The minimum atomic E-state index is -0.206. The van der Waals surface area contributed by atoms with Gasteiger partial charge in [-0.25, -0.2) is 9.59 Å². The quantitative estimate of drug-likeness (QED) is 0.312. The Balaban J connectivity index is 1.15. The summed E-state index contributed by atoms with van der Waals surface area (Å²) in [6.45, 7) is 9.53. The van der Waals surface area contributed by atoms with Crippen LogP contribution in [0.15, 0.2) is 72.8 Å². The van der Waals surface area contributed by atoms with E-state index in [0.29, 0.717) is 34.8 Å². The van der Waals surface area contributed by atoms with Gasteiger partial charge >= 0.3 is 11.9 Å². The first-order chi connectivity index (χ1) is 18.3. The predicted molar refractivity (Wildman–Crippen MR) is 148 cm³/mol. The van der Waals surface area contributed by atoms with Gasteiger partial charge in [0.1, 0.15) is 12.2 Å². The Morgan fingerprint density at radius 1 is 0.763 bits per heavy atom. The van der Waals surface area contributed by atoms with E-state index in [1.54, 1.807) is 0 Å². The molecule has 4 aliphatic carbocycles. The maximum absolute atomic E-state index is 12.9. The highest BCUT2D eigenvalue weighted by atomic mass is 16.5. The van der Waals surface area contributed by atoms with Crippen molar-refractivity contribution in [3.05, 3.63) is 83.9 Å². The lowest BCUT2D eigenvalue weighted by atomic mass is 9.44. The third-order valence-corrected chi connectivity index (χ3v) is 11.0. The molecule has 4 saturated carbocycles. The summed E-state index contributed by atoms with van der Waals surface area (Å²) in [6.07, 6.45) is 8.18. The van der Waals surface area contributed by atoms with Gasteiger partial charge in [-0.2, -0.15) is 0 Å². The number of ether oxygens (including phenoxy) is 2. The van der Waals surface area contributed by atoms with Crippen LogP contribution in [-0.4, -0.2) is 24.1 Å². The third kappa shape index (κ3) is 4.21. The van der Waals surface area contributed by atoms with Gasteiger partial charge in [0.15, 0.2) is 0 Å². The number of benzene rings is 2. The summed E-state index contributed by atoms with van der Waals surface area (Å²) < 4.78 is 12.2. The monoisotopic (exact) mass is 512 g/mol. The molecule has 0 unspecified atom stereocenters. The van der Waals surface area contributed by atoms with Gasteiger partial charge in [0.25, 0.3) is 0 Å². The molecule has 6 rings (SSSR count). The van der Waals surface area contributed by atoms with E-state index in [-0.39, 0.29) is 35.0 Å². The number of hydrogen-bond acceptors (Lipinski definition) is 4. The normalized spacial score (nSPS) is 37.9. The molecule has 0 bridgehead atoms. The van der Waals surface area contributed by atoms with E-state index in [9.17, 15) is 9.59 Å². The molecule has 4 nitrogen and oxygen atoms in total. The Bertz CT molecular complexity index is 1210. The molecule has 8 atom stereocenters. The van der Waals surface area contributed by atoms with Crippen molar-refractivity contribution in [3.63, 3.8) is 0 Å². The summed E-state index contributed by atoms with van der Waals surface area (Å²) in [7, 11) is 0. The SMILES string of the molecule is C=C1C[C@@H]2C[C@@H](OC(=O)c3ccccc3)CC[C@]2(C)[C@H]2CC[C@]3(C)[C@@H](OC(=O)c4ccccc4)CC[C@H]3[C@@H]12. The largest absolute Gasteiger partial charge is 0.459 e. The van der Waals surface area contributed by atoms with Gasteiger partial charge in [-0.1, -0.05) is 62.4 Å². The molecule has 0 N–H and O–H groups in total. The first-order valence-electron chi connectivity index (χ1n) is 14.5. The predicted octanol–water partition coefficient (Wildman–Crippen LogP) is 7.65. The summed E-state index contributed by atoms with van der Waals surface area (Å²) in [5.74, 6) is 1.68. The molecule has 0 amide bonds. The number of carbonyl (C=O) groups excluding carboxylic acids is 2. The number of esters is 2. The maximum atomic E-state index is 12.9. The van der Waals surface area contributed by atoms with E-state index in [4.69, 9.17) is 9.47 Å². The van der Waals surface area contributed by atoms with Crippen molar-refractivity contribution in [2.24, 2.45) is 34.5 Å². The third-order valence-electron chi connectivity index (χ3n) is 11.0. The number of fused-ring (bicyclic) bond motifs is 5. The van der Waals surface area contributed by atoms with Gasteiger partial charge < -0.3 is 9.47 Å². The lowest BCUT2D eigenvalue weighted by molar-refractivity contribution is -0.116. The summed E-state index contributed by atoms with van der Waals surface area (Å²) in [5, 5.41) is 0. The smallest absolute Gasteiger partial charge is 0.338 e. The molecule has 0 saturated heterocycles. The Hall–Kier alpha value is -2.88. The van der Waals surface area contributed by atoms with Crippen LogP contribution in [0.3, 0.4) is 0 Å². The highest BCUT2D eigenvalue weighted by molar-refractivity contribution is 5.89. The molecule has 38 heavy (non-hydrogen) atoms. The molecule has 2 aromatic carbocycles. The van der Waals surface area contributed by atoms with Crippen molar-refractivity contribution >= 4 is 11.9 Å². The van der Waals surface area contributed by atoms with Crippen LogP contribution in [0.4, 0.5) is 0 Å². The summed E-state index contributed by atoms with van der Waals surface area (Å²) >= 11 is 0. The molecule has 4 heteroatoms. The second-order valence-corrected chi connectivity index (χ2v) is 12.9. The van der Waals surface area contributed by atoms with Crippen molar-refractivity contribution in [2.75, 3.05) is 0 Å². The van der Waals surface area contributed by atoms with Crippen LogP contribution in [0, 0.1) is 34.5 Å². The number of hydrogen-bond donors (Lipinski definition) is 0. The molecule has 0 radical (unpaired) electrons. The van der Waals surface area contributed by atoms with Gasteiger partial charge in [-0.05, 0) is 105 Å². The van der Waals surface area contributed by atoms with Crippen molar-refractivity contribution in [1.29, 1.82) is 0 Å². The number of carbonyl (C=O) groups is 2. The number of rotatable bonds is 4. The average molecular weight is 513 g/mol. The number of allylic oxidation sites excluding steroid dienone is 1. The molecule has 0 heterocycles. The lowest BCUT2D eigenvalue weighted by Gasteiger charge is -2.61. The van der Waals surface area contributed by atoms with E-state index in [1.807, 2.05) is 60.7 Å². The van der Waals surface area contributed by atoms with Gasteiger partial charge in [-0.3, -0.25) is 0 Å². The highest BCUT2D eigenvalue weighted by Crippen LogP contribution is 2.67. The Morgan fingerprint density at radius 2 is 1.34 bits per heavy atom. The molecule has 200 valence electrons. The highest BCUT2D eigenvalue weighted by Gasteiger charge is 2.62. The summed E-state index contributed by atoms with van der Waals surface area (Å²) in [4.78, 5) is 25.7. The lowest BCUT2D eigenvalue weighted by Crippen LogP contribution is -2.55. The van der Waals surface area contributed by atoms with Crippen molar-refractivity contribution in [3.8, 4) is 0 Å². The molecule has 2 aromatic rings. The van der Waals surface area contributed by atoms with Crippen LogP contribution >= 0.6 is 0 Å². The second kappa shape index (κ2) is 9.70. The van der Waals surface area contributed by atoms with Crippen molar-refractivity contribution < 1.29 is 19.1 Å². The molecular formula is C34H40O4. The van der Waals surface area contributed by atoms with Crippen LogP contribution in [0.5, 0.6) is 0 Å².